The van der Waals surface area contributed by atoms with Crippen LogP contribution in [0.25, 0.3) is 0 Å². The number of carbonyl (C=O) groups is 1. The lowest BCUT2D eigenvalue weighted by Crippen LogP contribution is -2.39. The van der Waals surface area contributed by atoms with Gasteiger partial charge in [0.15, 0.2) is 0 Å². The maximum atomic E-state index is 12.3. The minimum absolute atomic E-state index is 0.181. The molecule has 0 saturated carbocycles. The molecule has 0 fully saturated rings. The SMILES string of the molecule is C=CCN(C/C=C\C1CC=CCC1)C(=O)C(C)(C)C. The highest BCUT2D eigenvalue weighted by Gasteiger charge is 2.25. The van der Waals surface area contributed by atoms with E-state index in [1.807, 2.05) is 25.7 Å². The second kappa shape index (κ2) is 7.32. The van der Waals surface area contributed by atoms with Crippen molar-refractivity contribution >= 4 is 5.91 Å². The standard InChI is InChI=1S/C17H27NO/c1-5-13-18(16(19)17(2,3)4)14-9-12-15-10-7-6-8-11-15/h5-7,9,12,15H,1,8,10-11,13-14H2,2-4H3/b12-9-. The van der Waals surface area contributed by atoms with Crippen molar-refractivity contribution in [2.75, 3.05) is 13.1 Å². The zero-order valence-electron chi connectivity index (χ0n) is 12.6. The van der Waals surface area contributed by atoms with Gasteiger partial charge in [-0.3, -0.25) is 4.79 Å². The summed E-state index contributed by atoms with van der Waals surface area (Å²) in [6.07, 6.45) is 14.2. The van der Waals surface area contributed by atoms with Crippen molar-refractivity contribution in [1.29, 1.82) is 0 Å². The smallest absolute Gasteiger partial charge is 0.228 e. The Morgan fingerprint density at radius 2 is 2.11 bits per heavy atom. The number of hydrogen-bond acceptors (Lipinski definition) is 1. The summed E-state index contributed by atoms with van der Waals surface area (Å²) in [4.78, 5) is 14.1. The van der Waals surface area contributed by atoms with Gasteiger partial charge in [-0.25, -0.2) is 0 Å². The van der Waals surface area contributed by atoms with Crippen LogP contribution >= 0.6 is 0 Å². The van der Waals surface area contributed by atoms with Crippen LogP contribution in [0.2, 0.25) is 0 Å². The first-order valence-corrected chi connectivity index (χ1v) is 7.17. The average Bonchev–Trinajstić information content (AvgIpc) is 2.37. The van der Waals surface area contributed by atoms with E-state index in [4.69, 9.17) is 0 Å². The third kappa shape index (κ3) is 5.46. The molecule has 1 amide bonds. The van der Waals surface area contributed by atoms with E-state index in [2.05, 4.69) is 30.9 Å². The number of amides is 1. The average molecular weight is 261 g/mol. The minimum Gasteiger partial charge on any atom is -0.335 e. The van der Waals surface area contributed by atoms with Crippen LogP contribution in [0.15, 0.2) is 37.0 Å². The molecule has 2 nitrogen and oxygen atoms in total. The fourth-order valence-corrected chi connectivity index (χ4v) is 2.24. The molecule has 1 atom stereocenters. The molecule has 0 radical (unpaired) electrons. The Morgan fingerprint density at radius 1 is 1.37 bits per heavy atom. The maximum absolute atomic E-state index is 12.3. The molecule has 106 valence electrons. The quantitative estimate of drug-likeness (QED) is 0.686. The summed E-state index contributed by atoms with van der Waals surface area (Å²) in [7, 11) is 0. The first-order valence-electron chi connectivity index (χ1n) is 7.17. The van der Waals surface area contributed by atoms with Crippen molar-refractivity contribution in [3.63, 3.8) is 0 Å². The second-order valence-electron chi connectivity index (χ2n) is 6.22. The predicted octanol–water partition coefficient (Wildman–Crippen LogP) is 3.96. The highest BCUT2D eigenvalue weighted by Crippen LogP contribution is 2.20. The predicted molar refractivity (Wildman–Crippen MR) is 81.9 cm³/mol. The Kier molecular flexibility index (Phi) is 6.07. The molecule has 0 aromatic heterocycles. The summed E-state index contributed by atoms with van der Waals surface area (Å²) in [5.74, 6) is 0.820. The summed E-state index contributed by atoms with van der Waals surface area (Å²) >= 11 is 0. The molecule has 0 spiro atoms. The van der Waals surface area contributed by atoms with E-state index in [0.29, 0.717) is 19.0 Å². The van der Waals surface area contributed by atoms with Gasteiger partial charge >= 0.3 is 0 Å². The van der Waals surface area contributed by atoms with Gasteiger partial charge in [0.05, 0.1) is 0 Å². The lowest BCUT2D eigenvalue weighted by Gasteiger charge is -2.27. The van der Waals surface area contributed by atoms with Crippen LogP contribution in [0.1, 0.15) is 40.0 Å². The Morgan fingerprint density at radius 3 is 2.63 bits per heavy atom. The second-order valence-corrected chi connectivity index (χ2v) is 6.22. The topological polar surface area (TPSA) is 20.3 Å². The Labute approximate surface area is 117 Å². The molecule has 0 heterocycles. The number of rotatable bonds is 5. The van der Waals surface area contributed by atoms with Crippen LogP contribution in [0, 0.1) is 11.3 Å². The third-order valence-corrected chi connectivity index (χ3v) is 3.32. The summed E-state index contributed by atoms with van der Waals surface area (Å²) in [5, 5.41) is 0. The number of allylic oxidation sites excluding steroid dienone is 3. The van der Waals surface area contributed by atoms with Crippen molar-refractivity contribution in [3.05, 3.63) is 37.0 Å². The summed E-state index contributed by atoms with van der Waals surface area (Å²) in [6, 6.07) is 0. The fraction of sp³-hybridized carbons (Fsp3) is 0.588. The molecular formula is C17H27NO. The molecule has 1 aliphatic rings. The van der Waals surface area contributed by atoms with Crippen LogP contribution in [0.5, 0.6) is 0 Å². The molecule has 0 bridgehead atoms. The first kappa shape index (κ1) is 15.7. The lowest BCUT2D eigenvalue weighted by atomic mass is 9.93. The van der Waals surface area contributed by atoms with Crippen molar-refractivity contribution in [2.24, 2.45) is 11.3 Å². The largest absolute Gasteiger partial charge is 0.335 e. The fourth-order valence-electron chi connectivity index (χ4n) is 2.24. The Bertz CT molecular complexity index is 360. The molecule has 0 saturated heterocycles. The van der Waals surface area contributed by atoms with Gasteiger partial charge in [-0.2, -0.15) is 0 Å². The van der Waals surface area contributed by atoms with Crippen LogP contribution in [0.3, 0.4) is 0 Å². The van der Waals surface area contributed by atoms with E-state index in [-0.39, 0.29) is 11.3 Å². The molecule has 19 heavy (non-hydrogen) atoms. The monoisotopic (exact) mass is 261 g/mol. The van der Waals surface area contributed by atoms with Gasteiger partial charge in [-0.05, 0) is 25.2 Å². The van der Waals surface area contributed by atoms with Gasteiger partial charge in [0.25, 0.3) is 0 Å². The van der Waals surface area contributed by atoms with E-state index in [0.717, 1.165) is 6.42 Å². The zero-order chi connectivity index (χ0) is 14.3. The Balaban J connectivity index is 2.54. The normalized spacial score (nSPS) is 19.6. The lowest BCUT2D eigenvalue weighted by molar-refractivity contribution is -0.138. The molecule has 0 N–H and O–H groups in total. The van der Waals surface area contributed by atoms with Crippen molar-refractivity contribution < 1.29 is 4.79 Å². The molecule has 1 aliphatic carbocycles. The summed E-state index contributed by atoms with van der Waals surface area (Å²) in [6.45, 7) is 10.9. The van der Waals surface area contributed by atoms with Crippen molar-refractivity contribution in [1.82, 2.24) is 4.90 Å². The highest BCUT2D eigenvalue weighted by atomic mass is 16.2. The van der Waals surface area contributed by atoms with Crippen LogP contribution in [-0.2, 0) is 4.79 Å². The van der Waals surface area contributed by atoms with Gasteiger partial charge in [-0.15, -0.1) is 6.58 Å². The molecular weight excluding hydrogens is 234 g/mol. The number of hydrogen-bond donors (Lipinski definition) is 0. The van der Waals surface area contributed by atoms with Gasteiger partial charge in [0.1, 0.15) is 0 Å². The highest BCUT2D eigenvalue weighted by molar-refractivity contribution is 5.81. The number of carbonyl (C=O) groups excluding carboxylic acids is 1. The molecule has 0 aromatic carbocycles. The van der Waals surface area contributed by atoms with Crippen LogP contribution in [-0.4, -0.2) is 23.9 Å². The van der Waals surface area contributed by atoms with Gasteiger partial charge < -0.3 is 4.90 Å². The molecule has 0 aromatic rings. The van der Waals surface area contributed by atoms with Gasteiger partial charge in [-0.1, -0.05) is 51.2 Å². The van der Waals surface area contributed by atoms with E-state index in [9.17, 15) is 4.79 Å². The molecule has 1 unspecified atom stereocenters. The molecule has 0 aliphatic heterocycles. The zero-order valence-corrected chi connectivity index (χ0v) is 12.6. The number of nitrogens with zero attached hydrogens (tertiary/aromatic N) is 1. The molecule has 2 heteroatoms. The molecule has 1 rings (SSSR count). The first-order chi connectivity index (χ1) is 8.95. The van der Waals surface area contributed by atoms with Crippen LogP contribution in [0.4, 0.5) is 0 Å². The Hall–Kier alpha value is -1.31. The minimum atomic E-state index is -0.329. The van der Waals surface area contributed by atoms with Crippen LogP contribution < -0.4 is 0 Å². The van der Waals surface area contributed by atoms with E-state index < -0.39 is 0 Å². The third-order valence-electron chi connectivity index (χ3n) is 3.32. The van der Waals surface area contributed by atoms with Crippen molar-refractivity contribution in [2.45, 2.75) is 40.0 Å². The van der Waals surface area contributed by atoms with Crippen molar-refractivity contribution in [3.8, 4) is 0 Å². The van der Waals surface area contributed by atoms with E-state index in [1.165, 1.54) is 12.8 Å². The summed E-state index contributed by atoms with van der Waals surface area (Å²) < 4.78 is 0. The van der Waals surface area contributed by atoms with E-state index >= 15 is 0 Å². The van der Waals surface area contributed by atoms with Gasteiger partial charge in [0, 0.05) is 18.5 Å². The maximum Gasteiger partial charge on any atom is 0.228 e. The summed E-state index contributed by atoms with van der Waals surface area (Å²) in [5.41, 5.74) is -0.329. The van der Waals surface area contributed by atoms with Gasteiger partial charge in [0.2, 0.25) is 5.91 Å². The van der Waals surface area contributed by atoms with E-state index in [1.54, 1.807) is 6.08 Å².